The first-order chi connectivity index (χ1) is 14.1. The highest BCUT2D eigenvalue weighted by atomic mass is 16.5. The fourth-order valence-electron chi connectivity index (χ4n) is 3.64. The van der Waals surface area contributed by atoms with E-state index in [1.165, 1.54) is 6.20 Å². The van der Waals surface area contributed by atoms with Crippen LogP contribution in [0.4, 0.5) is 11.5 Å². The fraction of sp³-hybridized carbons (Fsp3) is 0.400. The van der Waals surface area contributed by atoms with Gasteiger partial charge in [0.25, 0.3) is 11.5 Å². The third kappa shape index (κ3) is 3.27. The minimum absolute atomic E-state index is 0.0530. The number of ether oxygens (including phenoxy) is 1. The maximum Gasteiger partial charge on any atom is 0.274 e. The average Bonchev–Trinajstić information content (AvgIpc) is 3.40. The molecule has 0 radical (unpaired) electrons. The van der Waals surface area contributed by atoms with Gasteiger partial charge in [0.1, 0.15) is 17.1 Å². The van der Waals surface area contributed by atoms with Crippen molar-refractivity contribution in [1.82, 2.24) is 24.5 Å². The summed E-state index contributed by atoms with van der Waals surface area (Å²) in [5.41, 5.74) is 1.17. The largest absolute Gasteiger partial charge is 0.379 e. The Kier molecular flexibility index (Phi) is 4.31. The van der Waals surface area contributed by atoms with Gasteiger partial charge in [-0.1, -0.05) is 0 Å². The fourth-order valence-corrected chi connectivity index (χ4v) is 3.64. The van der Waals surface area contributed by atoms with E-state index in [-0.39, 0.29) is 29.7 Å². The van der Waals surface area contributed by atoms with Gasteiger partial charge in [0, 0.05) is 25.5 Å². The van der Waals surface area contributed by atoms with Crippen LogP contribution in [0.25, 0.3) is 5.65 Å². The van der Waals surface area contributed by atoms with Gasteiger partial charge < -0.3 is 19.9 Å². The molecule has 3 aromatic rings. The third-order valence-electron chi connectivity index (χ3n) is 5.60. The predicted molar refractivity (Wildman–Crippen MR) is 107 cm³/mol. The summed E-state index contributed by atoms with van der Waals surface area (Å²) in [5.74, 6) is 0.301. The Morgan fingerprint density at radius 1 is 1.21 bits per heavy atom. The molecule has 29 heavy (non-hydrogen) atoms. The van der Waals surface area contributed by atoms with Crippen LogP contribution in [0.3, 0.4) is 0 Å². The molecular weight excluding hydrogens is 372 g/mol. The Balaban J connectivity index is 1.43. The van der Waals surface area contributed by atoms with Crippen molar-refractivity contribution in [3.8, 4) is 0 Å². The van der Waals surface area contributed by atoms with Gasteiger partial charge in [0.05, 0.1) is 18.3 Å². The lowest BCUT2D eigenvalue weighted by atomic mass is 9.88. The zero-order valence-electron chi connectivity index (χ0n) is 16.0. The number of carbonyl (C=O) groups excluding carboxylic acids is 1. The normalized spacial score (nSPS) is 21.0. The van der Waals surface area contributed by atoms with Crippen molar-refractivity contribution >= 4 is 23.1 Å². The molecule has 5 rings (SSSR count). The summed E-state index contributed by atoms with van der Waals surface area (Å²) in [6, 6.07) is 5.59. The van der Waals surface area contributed by atoms with E-state index in [1.807, 2.05) is 6.07 Å². The van der Waals surface area contributed by atoms with Crippen LogP contribution >= 0.6 is 0 Å². The first-order valence-electron chi connectivity index (χ1n) is 9.80. The van der Waals surface area contributed by atoms with Crippen LogP contribution < -0.4 is 16.2 Å². The monoisotopic (exact) mass is 394 g/mol. The minimum atomic E-state index is -0.176. The number of nitrogens with one attached hydrogen (secondary N) is 2. The maximum atomic E-state index is 12.9. The van der Waals surface area contributed by atoms with Gasteiger partial charge in [-0.15, -0.1) is 0 Å². The summed E-state index contributed by atoms with van der Waals surface area (Å²) < 4.78 is 8.70. The molecule has 9 heteroatoms. The Morgan fingerprint density at radius 3 is 2.79 bits per heavy atom. The summed E-state index contributed by atoms with van der Waals surface area (Å²) in [6.45, 7) is 0. The topological polar surface area (TPSA) is 103 Å². The maximum absolute atomic E-state index is 12.9. The first-order valence-corrected chi connectivity index (χ1v) is 9.80. The number of hydrogen-bond acceptors (Lipinski definition) is 6. The minimum Gasteiger partial charge on any atom is -0.379 e. The number of carbonyl (C=O) groups is 1. The van der Waals surface area contributed by atoms with E-state index in [4.69, 9.17) is 4.74 Å². The van der Waals surface area contributed by atoms with Crippen molar-refractivity contribution in [3.05, 3.63) is 52.7 Å². The van der Waals surface area contributed by atoms with Crippen molar-refractivity contribution in [1.29, 1.82) is 0 Å². The molecule has 2 aliphatic rings. The Morgan fingerprint density at radius 2 is 2.07 bits per heavy atom. The molecule has 0 aromatic carbocycles. The lowest BCUT2D eigenvalue weighted by molar-refractivity contribution is -0.0103. The Bertz CT molecular complexity index is 1130. The van der Waals surface area contributed by atoms with Crippen molar-refractivity contribution in [2.45, 2.75) is 43.9 Å². The van der Waals surface area contributed by atoms with Crippen molar-refractivity contribution in [2.75, 3.05) is 12.4 Å². The molecule has 9 nitrogen and oxygen atoms in total. The van der Waals surface area contributed by atoms with Gasteiger partial charge >= 0.3 is 0 Å². The second-order valence-electron chi connectivity index (χ2n) is 7.57. The Hall–Kier alpha value is -3.20. The highest BCUT2D eigenvalue weighted by Gasteiger charge is 2.33. The standard InChI is InChI=1S/C20H22N6O3/c1-29-16-7-6-15(16)25-9-2-3-14(20(25)28)23-17-8-10-26-18(24-17)13(11-21-26)19(27)22-12-4-5-12/h2-3,8-12,15-16H,4-7H2,1H3,(H,22,27)(H,23,24)/t15-,16-/m1/s1. The SMILES string of the molecule is CO[C@@H]1CC[C@H]1n1cccc(Nc2ccn3ncc(C(=O)NC4CC4)c3n2)c1=O. The molecule has 150 valence electrons. The molecule has 3 aromatic heterocycles. The molecule has 1 amide bonds. The van der Waals surface area contributed by atoms with E-state index < -0.39 is 0 Å². The van der Waals surface area contributed by atoms with Crippen LogP contribution in [-0.4, -0.2) is 44.3 Å². The van der Waals surface area contributed by atoms with Crippen LogP contribution in [0.15, 0.2) is 41.6 Å². The predicted octanol–water partition coefficient (Wildman–Crippen LogP) is 1.88. The number of rotatable bonds is 6. The lowest BCUT2D eigenvalue weighted by Crippen LogP contribution is -2.40. The number of aromatic nitrogens is 4. The Labute approximate surface area is 166 Å². The molecule has 0 saturated heterocycles. The number of pyridine rings is 1. The van der Waals surface area contributed by atoms with E-state index in [1.54, 1.807) is 40.7 Å². The molecule has 0 bridgehead atoms. The highest BCUT2D eigenvalue weighted by molar-refractivity contribution is 6.00. The molecule has 2 fully saturated rings. The highest BCUT2D eigenvalue weighted by Crippen LogP contribution is 2.33. The van der Waals surface area contributed by atoms with Crippen molar-refractivity contribution < 1.29 is 9.53 Å². The summed E-state index contributed by atoms with van der Waals surface area (Å²) in [4.78, 5) is 29.9. The first kappa shape index (κ1) is 17.9. The van der Waals surface area contributed by atoms with Crippen LogP contribution in [0, 0.1) is 0 Å². The van der Waals surface area contributed by atoms with E-state index in [2.05, 4.69) is 20.7 Å². The number of nitrogens with zero attached hydrogens (tertiary/aromatic N) is 4. The molecule has 0 aliphatic heterocycles. The summed E-state index contributed by atoms with van der Waals surface area (Å²) in [6.07, 6.45) is 8.98. The number of hydrogen-bond donors (Lipinski definition) is 2. The summed E-state index contributed by atoms with van der Waals surface area (Å²) in [5, 5.41) is 10.2. The quantitative estimate of drug-likeness (QED) is 0.662. The van der Waals surface area contributed by atoms with E-state index >= 15 is 0 Å². The van der Waals surface area contributed by atoms with Gasteiger partial charge in [-0.3, -0.25) is 9.59 Å². The molecule has 0 unspecified atom stereocenters. The molecule has 2 N–H and O–H groups in total. The van der Waals surface area contributed by atoms with Gasteiger partial charge in [-0.25, -0.2) is 9.50 Å². The third-order valence-corrected chi connectivity index (χ3v) is 5.60. The second kappa shape index (κ2) is 7.00. The van der Waals surface area contributed by atoms with Crippen LogP contribution in [-0.2, 0) is 4.74 Å². The molecule has 2 atom stereocenters. The smallest absolute Gasteiger partial charge is 0.274 e. The van der Waals surface area contributed by atoms with Crippen molar-refractivity contribution in [3.63, 3.8) is 0 Å². The van der Waals surface area contributed by atoms with E-state index in [0.29, 0.717) is 22.7 Å². The summed E-state index contributed by atoms with van der Waals surface area (Å²) >= 11 is 0. The molecule has 2 saturated carbocycles. The van der Waals surface area contributed by atoms with Gasteiger partial charge in [0.2, 0.25) is 0 Å². The summed E-state index contributed by atoms with van der Waals surface area (Å²) in [7, 11) is 1.67. The van der Waals surface area contributed by atoms with Crippen LogP contribution in [0.5, 0.6) is 0 Å². The van der Waals surface area contributed by atoms with E-state index in [9.17, 15) is 9.59 Å². The molecule has 0 spiro atoms. The lowest BCUT2D eigenvalue weighted by Gasteiger charge is -2.36. The number of anilines is 2. The van der Waals surface area contributed by atoms with Crippen LogP contribution in [0.2, 0.25) is 0 Å². The zero-order chi connectivity index (χ0) is 20.0. The van der Waals surface area contributed by atoms with E-state index in [0.717, 1.165) is 25.7 Å². The molecule has 2 aliphatic carbocycles. The van der Waals surface area contributed by atoms with Crippen LogP contribution in [0.1, 0.15) is 42.1 Å². The van der Waals surface area contributed by atoms with Gasteiger partial charge in [-0.2, -0.15) is 5.10 Å². The average molecular weight is 394 g/mol. The van der Waals surface area contributed by atoms with Gasteiger partial charge in [-0.05, 0) is 43.9 Å². The zero-order valence-corrected chi connectivity index (χ0v) is 16.0. The second-order valence-corrected chi connectivity index (χ2v) is 7.57. The number of amides is 1. The molecule has 3 heterocycles. The number of fused-ring (bicyclic) bond motifs is 1. The van der Waals surface area contributed by atoms with Crippen molar-refractivity contribution in [2.24, 2.45) is 0 Å². The number of methoxy groups -OCH3 is 1. The molecular formula is C20H22N6O3. The van der Waals surface area contributed by atoms with Gasteiger partial charge in [0.15, 0.2) is 5.65 Å².